The number of benzene rings is 2. The highest BCUT2D eigenvalue weighted by molar-refractivity contribution is 9.10. The number of carbonyl (C=O) groups excluding carboxylic acids is 2. The van der Waals surface area contributed by atoms with E-state index in [2.05, 4.69) is 46.5 Å². The van der Waals surface area contributed by atoms with Crippen LogP contribution in [0.15, 0.2) is 51.8 Å². The number of amides is 2. The predicted octanol–water partition coefficient (Wildman–Crippen LogP) is 6.60. The van der Waals surface area contributed by atoms with Gasteiger partial charge in [-0.2, -0.15) is 0 Å². The van der Waals surface area contributed by atoms with E-state index in [1.807, 2.05) is 38.1 Å². The molecule has 3 aromatic rings. The molecule has 0 saturated carbocycles. The molecule has 1 aromatic heterocycles. The van der Waals surface area contributed by atoms with E-state index in [0.717, 1.165) is 50.0 Å². The average molecular weight is 555 g/mol. The number of nitrogens with zero attached hydrogens (tertiary/aromatic N) is 2. The lowest BCUT2D eigenvalue weighted by molar-refractivity contribution is -0.123. The van der Waals surface area contributed by atoms with E-state index in [4.69, 9.17) is 9.47 Å². The molecule has 4 rings (SSSR count). The monoisotopic (exact) mass is 554 g/mol. The number of hydrogen-bond donors (Lipinski definition) is 0. The van der Waals surface area contributed by atoms with Gasteiger partial charge in [-0.3, -0.25) is 14.5 Å². The number of thioether (sulfide) groups is 1. The fourth-order valence-electron chi connectivity index (χ4n) is 4.20. The second-order valence-electron chi connectivity index (χ2n) is 8.39. The van der Waals surface area contributed by atoms with Gasteiger partial charge < -0.3 is 14.0 Å². The smallest absolute Gasteiger partial charge is 0.293 e. The number of imide groups is 1. The molecule has 1 aliphatic rings. The summed E-state index contributed by atoms with van der Waals surface area (Å²) in [5, 5.41) is -0.294. The maximum Gasteiger partial charge on any atom is 0.293 e. The van der Waals surface area contributed by atoms with Crippen LogP contribution in [0, 0.1) is 27.7 Å². The lowest BCUT2D eigenvalue weighted by Crippen LogP contribution is -2.32. The minimum Gasteiger partial charge on any atom is -0.493 e. The van der Waals surface area contributed by atoms with Crippen LogP contribution in [0.25, 0.3) is 11.8 Å². The minimum absolute atomic E-state index is 0.163. The van der Waals surface area contributed by atoms with Crippen LogP contribution in [0.3, 0.4) is 0 Å². The van der Waals surface area contributed by atoms with Crippen molar-refractivity contribution in [2.75, 3.05) is 20.3 Å². The SMILES string of the molecule is COc1ccccc1OCCN1C(=O)S/C(=C\c2cc(C)n(-c3cc(C)c(Br)c(C)c3)c2C)C1=O. The quantitative estimate of drug-likeness (QED) is 0.308. The predicted molar refractivity (Wildman–Crippen MR) is 144 cm³/mol. The van der Waals surface area contributed by atoms with Gasteiger partial charge in [0.05, 0.1) is 18.6 Å². The average Bonchev–Trinajstić information content (AvgIpc) is 3.26. The summed E-state index contributed by atoms with van der Waals surface area (Å²) in [6.45, 7) is 8.56. The van der Waals surface area contributed by atoms with E-state index in [9.17, 15) is 9.59 Å². The number of carbonyl (C=O) groups is 2. The largest absolute Gasteiger partial charge is 0.493 e. The van der Waals surface area contributed by atoms with Crippen molar-refractivity contribution in [3.8, 4) is 17.2 Å². The number of aromatic nitrogens is 1. The second kappa shape index (κ2) is 10.3. The number of rotatable bonds is 7. The van der Waals surface area contributed by atoms with Gasteiger partial charge in [0, 0.05) is 21.5 Å². The molecule has 0 aliphatic carbocycles. The van der Waals surface area contributed by atoms with Crippen molar-refractivity contribution < 1.29 is 19.1 Å². The first-order valence-electron chi connectivity index (χ1n) is 11.2. The van der Waals surface area contributed by atoms with Gasteiger partial charge in [0.1, 0.15) is 6.61 Å². The van der Waals surface area contributed by atoms with Crippen LogP contribution in [-0.2, 0) is 4.79 Å². The molecular weight excluding hydrogens is 528 g/mol. The molecule has 35 heavy (non-hydrogen) atoms. The Morgan fingerprint density at radius 1 is 1.00 bits per heavy atom. The summed E-state index contributed by atoms with van der Waals surface area (Å²) in [5.41, 5.74) is 6.36. The van der Waals surface area contributed by atoms with Gasteiger partial charge in [0.15, 0.2) is 11.5 Å². The maximum absolute atomic E-state index is 13.0. The molecule has 0 atom stereocenters. The summed E-state index contributed by atoms with van der Waals surface area (Å²) in [6, 6.07) is 13.6. The van der Waals surface area contributed by atoms with Gasteiger partial charge in [-0.1, -0.05) is 28.1 Å². The van der Waals surface area contributed by atoms with Crippen LogP contribution < -0.4 is 9.47 Å². The molecule has 8 heteroatoms. The van der Waals surface area contributed by atoms with Gasteiger partial charge in [0.2, 0.25) is 0 Å². The fraction of sp³-hybridized carbons (Fsp3) is 0.259. The Morgan fingerprint density at radius 2 is 1.66 bits per heavy atom. The highest BCUT2D eigenvalue weighted by atomic mass is 79.9. The Balaban J connectivity index is 1.52. The Morgan fingerprint density at radius 3 is 2.31 bits per heavy atom. The van der Waals surface area contributed by atoms with Crippen molar-refractivity contribution in [1.29, 1.82) is 0 Å². The zero-order valence-electron chi connectivity index (χ0n) is 20.3. The highest BCUT2D eigenvalue weighted by Gasteiger charge is 2.35. The van der Waals surface area contributed by atoms with Crippen LogP contribution in [0.1, 0.15) is 28.1 Å². The molecule has 182 valence electrons. The van der Waals surface area contributed by atoms with Crippen molar-refractivity contribution in [2.45, 2.75) is 27.7 Å². The van der Waals surface area contributed by atoms with Crippen LogP contribution in [0.5, 0.6) is 11.5 Å². The van der Waals surface area contributed by atoms with Gasteiger partial charge >= 0.3 is 0 Å². The Kier molecular flexibility index (Phi) is 7.42. The van der Waals surface area contributed by atoms with E-state index in [1.165, 1.54) is 4.90 Å². The van der Waals surface area contributed by atoms with E-state index in [1.54, 1.807) is 19.2 Å². The molecule has 2 aromatic carbocycles. The first kappa shape index (κ1) is 25.1. The van der Waals surface area contributed by atoms with Crippen molar-refractivity contribution >= 4 is 44.9 Å². The van der Waals surface area contributed by atoms with Gasteiger partial charge in [-0.15, -0.1) is 0 Å². The number of aryl methyl sites for hydroxylation is 3. The molecule has 0 N–H and O–H groups in total. The zero-order chi connectivity index (χ0) is 25.3. The van der Waals surface area contributed by atoms with E-state index >= 15 is 0 Å². The Bertz CT molecular complexity index is 1320. The van der Waals surface area contributed by atoms with Gasteiger partial charge in [-0.25, -0.2) is 0 Å². The summed E-state index contributed by atoms with van der Waals surface area (Å²) in [7, 11) is 1.57. The molecular formula is C27H27BrN2O4S. The molecule has 0 bridgehead atoms. The molecule has 0 unspecified atom stereocenters. The molecule has 1 fully saturated rings. The van der Waals surface area contributed by atoms with E-state index < -0.39 is 0 Å². The van der Waals surface area contributed by atoms with Gasteiger partial charge in [0.25, 0.3) is 11.1 Å². The summed E-state index contributed by atoms with van der Waals surface area (Å²) in [6.07, 6.45) is 1.81. The van der Waals surface area contributed by atoms with Crippen LogP contribution in [-0.4, -0.2) is 40.9 Å². The van der Waals surface area contributed by atoms with Gasteiger partial charge in [-0.05, 0) is 92.6 Å². The van der Waals surface area contributed by atoms with Crippen LogP contribution in [0.2, 0.25) is 0 Å². The van der Waals surface area contributed by atoms with E-state index in [-0.39, 0.29) is 24.3 Å². The number of ether oxygens (including phenoxy) is 2. The third kappa shape index (κ3) is 5.04. The molecule has 1 saturated heterocycles. The summed E-state index contributed by atoms with van der Waals surface area (Å²) >= 11 is 4.59. The number of halogens is 1. The molecule has 2 amide bonds. The molecule has 1 aliphatic heterocycles. The van der Waals surface area contributed by atoms with Crippen molar-refractivity contribution in [1.82, 2.24) is 9.47 Å². The summed E-state index contributed by atoms with van der Waals surface area (Å²) in [4.78, 5) is 27.2. The third-order valence-corrected chi connectivity index (χ3v) is 8.11. The van der Waals surface area contributed by atoms with Crippen LogP contribution in [0.4, 0.5) is 4.79 Å². The Hall–Kier alpha value is -2.97. The highest BCUT2D eigenvalue weighted by Crippen LogP contribution is 2.34. The summed E-state index contributed by atoms with van der Waals surface area (Å²) < 4.78 is 14.3. The van der Waals surface area contributed by atoms with Crippen molar-refractivity contribution in [2.24, 2.45) is 0 Å². The topological polar surface area (TPSA) is 60.8 Å². The summed E-state index contributed by atoms with van der Waals surface area (Å²) in [5.74, 6) is 0.875. The first-order chi connectivity index (χ1) is 16.7. The fourth-order valence-corrected chi connectivity index (χ4v) is 5.29. The lowest BCUT2D eigenvalue weighted by atomic mass is 10.1. The number of para-hydroxylation sites is 2. The number of methoxy groups -OCH3 is 1. The lowest BCUT2D eigenvalue weighted by Gasteiger charge is -2.14. The zero-order valence-corrected chi connectivity index (χ0v) is 22.7. The molecule has 0 spiro atoms. The van der Waals surface area contributed by atoms with Crippen LogP contribution >= 0.6 is 27.7 Å². The number of hydrogen-bond acceptors (Lipinski definition) is 5. The van der Waals surface area contributed by atoms with E-state index in [0.29, 0.717) is 16.4 Å². The first-order valence-corrected chi connectivity index (χ1v) is 12.8. The molecule has 2 heterocycles. The molecule has 6 nitrogen and oxygen atoms in total. The Labute approximate surface area is 218 Å². The molecule has 0 radical (unpaired) electrons. The maximum atomic E-state index is 13.0. The second-order valence-corrected chi connectivity index (χ2v) is 10.2. The standard InChI is InChI=1S/C27H27BrN2O4S/c1-16-12-21(13-17(2)25(16)28)30-18(3)14-20(19(30)4)15-24-26(31)29(27(32)35-24)10-11-34-23-9-7-6-8-22(23)33-5/h6-9,12-15H,10-11H2,1-5H3/b24-15-. The normalized spacial score (nSPS) is 14.8. The third-order valence-electron chi connectivity index (χ3n) is 5.95. The van der Waals surface area contributed by atoms with Crippen molar-refractivity contribution in [3.63, 3.8) is 0 Å². The minimum atomic E-state index is -0.302. The van der Waals surface area contributed by atoms with Crippen molar-refractivity contribution in [3.05, 3.63) is 79.9 Å².